The monoisotopic (exact) mass is 525 g/mol. The van der Waals surface area contributed by atoms with Crippen molar-refractivity contribution >= 4 is 16.9 Å². The Balaban J connectivity index is 1.21. The van der Waals surface area contributed by atoms with Crippen molar-refractivity contribution in [1.29, 1.82) is 0 Å². The Kier molecular flexibility index (Phi) is 9.80. The van der Waals surface area contributed by atoms with Gasteiger partial charge < -0.3 is 14.6 Å². The van der Waals surface area contributed by atoms with Crippen molar-refractivity contribution in [1.82, 2.24) is 14.9 Å². The van der Waals surface area contributed by atoms with Gasteiger partial charge in [0.1, 0.15) is 11.6 Å². The topological polar surface area (TPSA) is 56.2 Å². The molecule has 1 amide bonds. The van der Waals surface area contributed by atoms with Crippen LogP contribution >= 0.6 is 0 Å². The molecule has 5 nitrogen and oxygen atoms in total. The minimum absolute atomic E-state index is 0.0146. The minimum atomic E-state index is 0.0146. The molecule has 0 spiro atoms. The highest BCUT2D eigenvalue weighted by Gasteiger charge is 2.13. The molecule has 1 aromatic heterocycles. The molecule has 0 fully saturated rings. The average molecular weight is 526 g/mol. The lowest BCUT2D eigenvalue weighted by atomic mass is 9.87. The maximum atomic E-state index is 12.4. The minimum Gasteiger partial charge on any atom is -0.494 e. The molecule has 206 valence electrons. The third kappa shape index (κ3) is 7.95. The van der Waals surface area contributed by atoms with Gasteiger partial charge in [-0.05, 0) is 79.5 Å². The second kappa shape index (κ2) is 13.5. The van der Waals surface area contributed by atoms with Crippen LogP contribution in [0.25, 0.3) is 11.0 Å². The number of nitrogens with one attached hydrogen (secondary N) is 1. The Morgan fingerprint density at radius 2 is 1.62 bits per heavy atom. The first kappa shape index (κ1) is 28.4. The van der Waals surface area contributed by atoms with E-state index in [0.29, 0.717) is 13.2 Å². The number of para-hydroxylation sites is 2. The van der Waals surface area contributed by atoms with E-state index in [0.717, 1.165) is 73.3 Å². The van der Waals surface area contributed by atoms with Crippen molar-refractivity contribution in [2.75, 3.05) is 13.2 Å². The quantitative estimate of drug-likeness (QED) is 0.182. The predicted molar refractivity (Wildman–Crippen MR) is 161 cm³/mol. The van der Waals surface area contributed by atoms with Gasteiger partial charge in [0.25, 0.3) is 5.91 Å². The standard InChI is InChI=1S/C34H43N3O2/c1-26-14-7-8-15-29(26)33(38)35-23-11-5-6-18-32-36-30-16-9-10-17-31(30)37(32)24-12-13-25-39-28-21-19-27(20-22-28)34(2,3)4/h7-10,14-17,19-22H,5-6,11-13,18,23-25H2,1-4H3,(H,35,38). The first-order chi connectivity index (χ1) is 18.8. The van der Waals surface area contributed by atoms with Crippen LogP contribution in [0.4, 0.5) is 0 Å². The van der Waals surface area contributed by atoms with E-state index < -0.39 is 0 Å². The van der Waals surface area contributed by atoms with E-state index in [-0.39, 0.29) is 11.3 Å². The number of benzene rings is 3. The van der Waals surface area contributed by atoms with Crippen molar-refractivity contribution in [2.45, 2.75) is 78.2 Å². The molecule has 0 saturated heterocycles. The fourth-order valence-electron chi connectivity index (χ4n) is 4.89. The number of carbonyl (C=O) groups is 1. The maximum absolute atomic E-state index is 12.4. The molecule has 0 bridgehead atoms. The number of nitrogens with zero attached hydrogens (tertiary/aromatic N) is 2. The van der Waals surface area contributed by atoms with Crippen LogP contribution < -0.4 is 10.1 Å². The number of rotatable bonds is 13. The highest BCUT2D eigenvalue weighted by atomic mass is 16.5. The van der Waals surface area contributed by atoms with Gasteiger partial charge in [-0.25, -0.2) is 4.98 Å². The number of amides is 1. The molecule has 0 saturated carbocycles. The van der Waals surface area contributed by atoms with Gasteiger partial charge in [-0.15, -0.1) is 0 Å². The molecule has 1 N–H and O–H groups in total. The summed E-state index contributed by atoms with van der Waals surface area (Å²) < 4.78 is 8.39. The van der Waals surface area contributed by atoms with Crippen LogP contribution in [0.2, 0.25) is 0 Å². The van der Waals surface area contributed by atoms with E-state index in [2.05, 4.69) is 79.2 Å². The molecule has 3 aromatic carbocycles. The summed E-state index contributed by atoms with van der Waals surface area (Å²) in [6, 6.07) is 24.6. The zero-order valence-corrected chi connectivity index (χ0v) is 24.0. The molecule has 0 atom stereocenters. The van der Waals surface area contributed by atoms with Crippen LogP contribution in [0.3, 0.4) is 0 Å². The summed E-state index contributed by atoms with van der Waals surface area (Å²) in [5.74, 6) is 2.10. The number of hydrogen-bond donors (Lipinski definition) is 1. The molecule has 5 heteroatoms. The third-order valence-electron chi connectivity index (χ3n) is 7.25. The summed E-state index contributed by atoms with van der Waals surface area (Å²) in [5.41, 5.74) is 5.51. The fraction of sp³-hybridized carbons (Fsp3) is 0.412. The van der Waals surface area contributed by atoms with Crippen molar-refractivity contribution < 1.29 is 9.53 Å². The van der Waals surface area contributed by atoms with Gasteiger partial charge >= 0.3 is 0 Å². The van der Waals surface area contributed by atoms with Crippen LogP contribution in [0.1, 0.15) is 80.2 Å². The van der Waals surface area contributed by atoms with Gasteiger partial charge in [0.15, 0.2) is 0 Å². The molecule has 0 unspecified atom stereocenters. The Morgan fingerprint density at radius 3 is 2.38 bits per heavy atom. The smallest absolute Gasteiger partial charge is 0.251 e. The number of fused-ring (bicyclic) bond motifs is 1. The van der Waals surface area contributed by atoms with E-state index in [1.165, 1.54) is 11.1 Å². The third-order valence-corrected chi connectivity index (χ3v) is 7.25. The van der Waals surface area contributed by atoms with Crippen molar-refractivity contribution in [2.24, 2.45) is 0 Å². The SMILES string of the molecule is Cc1ccccc1C(=O)NCCCCCc1nc2ccccc2n1CCCCOc1ccc(C(C)(C)C)cc1. The van der Waals surface area contributed by atoms with Crippen LogP contribution in [-0.2, 0) is 18.4 Å². The number of aryl methyl sites for hydroxylation is 3. The highest BCUT2D eigenvalue weighted by molar-refractivity contribution is 5.95. The van der Waals surface area contributed by atoms with Gasteiger partial charge in [0.05, 0.1) is 17.6 Å². The van der Waals surface area contributed by atoms with Crippen LogP contribution in [0, 0.1) is 6.92 Å². The Hall–Kier alpha value is -3.60. The summed E-state index contributed by atoms with van der Waals surface area (Å²) >= 11 is 0. The number of unbranched alkanes of at least 4 members (excludes halogenated alkanes) is 3. The van der Waals surface area contributed by atoms with Gasteiger partial charge in [-0.2, -0.15) is 0 Å². The molecule has 4 rings (SSSR count). The first-order valence-electron chi connectivity index (χ1n) is 14.3. The summed E-state index contributed by atoms with van der Waals surface area (Å²) in [4.78, 5) is 17.4. The van der Waals surface area contributed by atoms with E-state index in [4.69, 9.17) is 9.72 Å². The average Bonchev–Trinajstić information content (AvgIpc) is 3.27. The molecule has 0 aliphatic heterocycles. The van der Waals surface area contributed by atoms with Crippen LogP contribution in [0.15, 0.2) is 72.8 Å². The lowest BCUT2D eigenvalue weighted by molar-refractivity contribution is 0.0952. The van der Waals surface area contributed by atoms with Gasteiger partial charge in [-0.3, -0.25) is 4.79 Å². The molecule has 0 radical (unpaired) electrons. The molecule has 39 heavy (non-hydrogen) atoms. The lowest BCUT2D eigenvalue weighted by Gasteiger charge is -2.19. The first-order valence-corrected chi connectivity index (χ1v) is 14.3. The molecule has 4 aromatic rings. The number of aromatic nitrogens is 2. The van der Waals surface area contributed by atoms with Gasteiger partial charge in [0.2, 0.25) is 0 Å². The number of carbonyl (C=O) groups excluding carboxylic acids is 1. The summed E-state index contributed by atoms with van der Waals surface area (Å²) in [7, 11) is 0. The van der Waals surface area contributed by atoms with E-state index in [1.54, 1.807) is 0 Å². The Labute approximate surface area is 233 Å². The second-order valence-electron chi connectivity index (χ2n) is 11.4. The van der Waals surface area contributed by atoms with Gasteiger partial charge in [-0.1, -0.05) is 69.7 Å². The zero-order valence-electron chi connectivity index (χ0n) is 24.0. The number of hydrogen-bond acceptors (Lipinski definition) is 3. The van der Waals surface area contributed by atoms with E-state index in [9.17, 15) is 4.79 Å². The van der Waals surface area contributed by atoms with E-state index in [1.807, 2.05) is 31.2 Å². The van der Waals surface area contributed by atoms with Gasteiger partial charge in [0, 0.05) is 25.1 Å². The van der Waals surface area contributed by atoms with Crippen molar-refractivity contribution in [3.8, 4) is 5.75 Å². The number of imidazole rings is 1. The Bertz CT molecular complexity index is 1350. The highest BCUT2D eigenvalue weighted by Crippen LogP contribution is 2.24. The molecular weight excluding hydrogens is 482 g/mol. The van der Waals surface area contributed by atoms with Crippen molar-refractivity contribution in [3.05, 3.63) is 95.3 Å². The van der Waals surface area contributed by atoms with Crippen molar-refractivity contribution in [3.63, 3.8) is 0 Å². The zero-order chi connectivity index (χ0) is 27.7. The second-order valence-corrected chi connectivity index (χ2v) is 11.4. The molecule has 0 aliphatic carbocycles. The molecule has 0 aliphatic rings. The number of ether oxygens (including phenoxy) is 1. The summed E-state index contributed by atoms with van der Waals surface area (Å²) in [6.45, 7) is 11.0. The molecular formula is C34H43N3O2. The lowest BCUT2D eigenvalue weighted by Crippen LogP contribution is -2.25. The van der Waals surface area contributed by atoms with Crippen LogP contribution in [0.5, 0.6) is 5.75 Å². The summed E-state index contributed by atoms with van der Waals surface area (Å²) in [5, 5.41) is 3.06. The van der Waals surface area contributed by atoms with E-state index >= 15 is 0 Å². The maximum Gasteiger partial charge on any atom is 0.251 e. The predicted octanol–water partition coefficient (Wildman–Crippen LogP) is 7.64. The normalized spacial score (nSPS) is 11.6. The van der Waals surface area contributed by atoms with Crippen LogP contribution in [-0.4, -0.2) is 28.6 Å². The molecule has 1 heterocycles. The largest absolute Gasteiger partial charge is 0.494 e. The fourth-order valence-corrected chi connectivity index (χ4v) is 4.89. The summed E-state index contributed by atoms with van der Waals surface area (Å²) in [6.07, 6.45) is 6.05. The Morgan fingerprint density at radius 1 is 0.872 bits per heavy atom.